The van der Waals surface area contributed by atoms with Crippen molar-refractivity contribution in [2.75, 3.05) is 0 Å². The van der Waals surface area contributed by atoms with Gasteiger partial charge in [0, 0.05) is 15.2 Å². The smallest absolute Gasteiger partial charge is 0.200 e. The van der Waals surface area contributed by atoms with Gasteiger partial charge in [0.25, 0.3) is 0 Å². The summed E-state index contributed by atoms with van der Waals surface area (Å²) in [5.74, 6) is -18.7. The summed E-state index contributed by atoms with van der Waals surface area (Å²) in [7, 11) is -1.59. The van der Waals surface area contributed by atoms with Crippen LogP contribution in [0, 0.1) is 0 Å². The zero-order valence-corrected chi connectivity index (χ0v) is 14.4. The predicted molar refractivity (Wildman–Crippen MR) is 72.3 cm³/mol. The second-order valence-electron chi connectivity index (χ2n) is 6.40. The summed E-state index contributed by atoms with van der Waals surface area (Å²) < 4.78 is 114. The molecule has 0 saturated carbocycles. The van der Waals surface area contributed by atoms with Crippen molar-refractivity contribution < 1.29 is 39.5 Å². The van der Waals surface area contributed by atoms with Crippen molar-refractivity contribution in [3.63, 3.8) is 0 Å². The minimum Gasteiger partial charge on any atom is -0.200 e. The van der Waals surface area contributed by atoms with E-state index in [1.165, 1.54) is 0 Å². The molecule has 140 valence electrons. The van der Waals surface area contributed by atoms with E-state index in [1.807, 2.05) is 27.7 Å². The third-order valence-electron chi connectivity index (χ3n) is 3.95. The highest BCUT2D eigenvalue weighted by atomic mass is 28.3. The highest BCUT2D eigenvalue weighted by Gasteiger charge is 2.81. The fourth-order valence-corrected chi connectivity index (χ4v) is 6.11. The summed E-state index contributed by atoms with van der Waals surface area (Å²) in [6, 6.07) is 0.179. The number of hydrogen-bond donors (Lipinski definition) is 0. The average Bonchev–Trinajstić information content (AvgIpc) is 2.31. The molecular weight excluding hydrogens is 355 g/mol. The molecule has 0 aliphatic carbocycles. The second kappa shape index (κ2) is 7.22. The molecule has 23 heavy (non-hydrogen) atoms. The third kappa shape index (κ3) is 4.79. The van der Waals surface area contributed by atoms with Crippen molar-refractivity contribution in [3.8, 4) is 0 Å². The number of rotatable bonds is 8. The summed E-state index contributed by atoms with van der Waals surface area (Å²) in [4.78, 5) is 0. The van der Waals surface area contributed by atoms with E-state index in [2.05, 4.69) is 0 Å². The van der Waals surface area contributed by atoms with Crippen molar-refractivity contribution in [1.29, 1.82) is 0 Å². The molecule has 0 fully saturated rings. The van der Waals surface area contributed by atoms with Crippen LogP contribution in [0.15, 0.2) is 0 Å². The fraction of sp³-hybridized carbons (Fsp3) is 1.00. The van der Waals surface area contributed by atoms with Crippen LogP contribution in [0.1, 0.15) is 40.5 Å². The Hall–Kier alpha value is -0.413. The molecule has 0 nitrogen and oxygen atoms in total. The van der Waals surface area contributed by atoms with E-state index in [0.29, 0.717) is 0 Å². The first-order valence-corrected chi connectivity index (χ1v) is 9.34. The monoisotopic (exact) mass is 376 g/mol. The van der Waals surface area contributed by atoms with Gasteiger partial charge < -0.3 is 0 Å². The summed E-state index contributed by atoms with van der Waals surface area (Å²) in [5, 5.41) is 0. The van der Waals surface area contributed by atoms with Gasteiger partial charge >= 0.3 is 23.9 Å². The minimum atomic E-state index is -6.78. The lowest BCUT2D eigenvalue weighted by atomic mass is 10.00. The van der Waals surface area contributed by atoms with E-state index in [0.717, 1.165) is 0 Å². The number of halogens is 9. The Morgan fingerprint density at radius 3 is 1.39 bits per heavy atom. The highest BCUT2D eigenvalue weighted by molar-refractivity contribution is 6.61. The van der Waals surface area contributed by atoms with Gasteiger partial charge in [-0.05, 0) is 6.42 Å². The third-order valence-corrected chi connectivity index (χ3v) is 8.45. The van der Waals surface area contributed by atoms with Crippen molar-refractivity contribution >= 4 is 8.80 Å². The molecule has 0 bridgehead atoms. The van der Waals surface area contributed by atoms with E-state index < -0.39 is 45.6 Å². The quantitative estimate of drug-likeness (QED) is 0.345. The lowest BCUT2D eigenvalue weighted by molar-refractivity contribution is -0.396. The van der Waals surface area contributed by atoms with Crippen molar-refractivity contribution in [3.05, 3.63) is 0 Å². The molecule has 0 unspecified atom stereocenters. The molecule has 10 heteroatoms. The number of alkyl halides is 9. The zero-order chi connectivity index (χ0) is 18.9. The van der Waals surface area contributed by atoms with Crippen LogP contribution < -0.4 is 0 Å². The standard InChI is InChI=1S/C13H21F9Si/c1-8(2)23(9(3)4)7-5-6-10(14,15)11(16,17)12(18,19)13(20,21)22/h8-9,23H,5-7H2,1-4H3. The van der Waals surface area contributed by atoms with Crippen molar-refractivity contribution in [2.24, 2.45) is 0 Å². The summed E-state index contributed by atoms with van der Waals surface area (Å²) >= 11 is 0. The molecule has 0 amide bonds. The molecule has 0 aromatic carbocycles. The van der Waals surface area contributed by atoms with Gasteiger partial charge in [0.2, 0.25) is 0 Å². The van der Waals surface area contributed by atoms with Crippen LogP contribution in [0.25, 0.3) is 0 Å². The van der Waals surface area contributed by atoms with Gasteiger partial charge in [-0.2, -0.15) is 39.5 Å². The molecule has 0 aliphatic heterocycles. The minimum absolute atomic E-state index is 0.179. The van der Waals surface area contributed by atoms with Crippen molar-refractivity contribution in [2.45, 2.75) is 81.6 Å². The van der Waals surface area contributed by atoms with Crippen LogP contribution in [0.2, 0.25) is 17.1 Å². The molecule has 0 spiro atoms. The first-order chi connectivity index (χ1) is 9.99. The van der Waals surface area contributed by atoms with Gasteiger partial charge in [-0.1, -0.05) is 44.8 Å². The topological polar surface area (TPSA) is 0 Å². The molecule has 0 aliphatic rings. The molecule has 0 rings (SSSR count). The highest BCUT2D eigenvalue weighted by Crippen LogP contribution is 2.54. The molecular formula is C13H21F9Si. The Kier molecular flexibility index (Phi) is 7.09. The Morgan fingerprint density at radius 1 is 0.696 bits per heavy atom. The van der Waals surface area contributed by atoms with Crippen LogP contribution in [0.4, 0.5) is 39.5 Å². The van der Waals surface area contributed by atoms with Gasteiger partial charge in [0.05, 0.1) is 0 Å². The maximum absolute atomic E-state index is 13.4. The maximum atomic E-state index is 13.4. The molecule has 0 aromatic rings. The van der Waals surface area contributed by atoms with Gasteiger partial charge in [-0.3, -0.25) is 0 Å². The molecule has 0 N–H and O–H groups in total. The summed E-state index contributed by atoms with van der Waals surface area (Å²) in [6.07, 6.45) is -8.95. The van der Waals surface area contributed by atoms with Crippen LogP contribution in [-0.2, 0) is 0 Å². The van der Waals surface area contributed by atoms with Crippen LogP contribution in [0.5, 0.6) is 0 Å². The van der Waals surface area contributed by atoms with E-state index in [1.54, 1.807) is 0 Å². The molecule has 0 aromatic heterocycles. The van der Waals surface area contributed by atoms with Gasteiger partial charge in [-0.15, -0.1) is 0 Å². The first kappa shape index (κ1) is 22.6. The molecule has 0 atom stereocenters. The summed E-state index contributed by atoms with van der Waals surface area (Å²) in [6.45, 7) is 7.39. The van der Waals surface area contributed by atoms with E-state index in [-0.39, 0.29) is 17.1 Å². The molecule has 0 radical (unpaired) electrons. The van der Waals surface area contributed by atoms with Gasteiger partial charge in [0.1, 0.15) is 0 Å². The summed E-state index contributed by atoms with van der Waals surface area (Å²) in [5.41, 5.74) is 0.362. The molecule has 0 saturated heterocycles. The second-order valence-corrected chi connectivity index (χ2v) is 11.0. The van der Waals surface area contributed by atoms with Gasteiger partial charge in [0.15, 0.2) is 0 Å². The predicted octanol–water partition coefficient (Wildman–Crippen LogP) is 6.28. The maximum Gasteiger partial charge on any atom is 0.460 e. The fourth-order valence-electron chi connectivity index (χ4n) is 2.56. The lowest BCUT2D eigenvalue weighted by Crippen LogP contribution is -2.60. The Bertz CT molecular complexity index is 366. The van der Waals surface area contributed by atoms with Crippen molar-refractivity contribution in [1.82, 2.24) is 0 Å². The Labute approximate surface area is 131 Å². The zero-order valence-electron chi connectivity index (χ0n) is 13.3. The van der Waals surface area contributed by atoms with E-state index >= 15 is 0 Å². The Morgan fingerprint density at radius 2 is 1.09 bits per heavy atom. The normalized spacial score (nSPS) is 15.1. The van der Waals surface area contributed by atoms with E-state index in [9.17, 15) is 39.5 Å². The molecule has 0 heterocycles. The number of hydrogen-bond acceptors (Lipinski definition) is 0. The van der Waals surface area contributed by atoms with Gasteiger partial charge in [-0.25, -0.2) is 0 Å². The average molecular weight is 376 g/mol. The van der Waals surface area contributed by atoms with Crippen LogP contribution in [-0.4, -0.2) is 32.7 Å². The van der Waals surface area contributed by atoms with Crippen LogP contribution in [0.3, 0.4) is 0 Å². The lowest BCUT2D eigenvalue weighted by Gasteiger charge is -2.34. The largest absolute Gasteiger partial charge is 0.460 e. The van der Waals surface area contributed by atoms with Crippen LogP contribution >= 0.6 is 0 Å². The SMILES string of the molecule is CC(C)[SiH](CCCC(F)(F)C(F)(F)C(F)(F)C(F)(F)F)C(C)C. The Balaban J connectivity index is 5.06. The first-order valence-electron chi connectivity index (χ1n) is 7.19. The van der Waals surface area contributed by atoms with E-state index in [4.69, 9.17) is 0 Å².